The molecule has 6 nitrogen and oxygen atoms in total. The van der Waals surface area contributed by atoms with Crippen LogP contribution in [0.5, 0.6) is 11.6 Å². The first-order chi connectivity index (χ1) is 11.5. The first-order valence-corrected chi connectivity index (χ1v) is 7.49. The van der Waals surface area contributed by atoms with Gasteiger partial charge in [0.15, 0.2) is 6.17 Å². The highest BCUT2D eigenvalue weighted by Crippen LogP contribution is 2.31. The molecule has 2 aromatic rings. The zero-order valence-electron chi connectivity index (χ0n) is 13.2. The standard InChI is InChI=1S/C17H16FN3O3/c1-9-13(21-16(22)15(9)18)8-24-17-12-6-14(23-2)11(7-19)5-10(12)3-4-20-17/h3-6,9,13,15H,8H2,1-2H3,(H,21,22)/t9-,13+,15+/m0/s1. The number of pyridine rings is 1. The van der Waals surface area contributed by atoms with Crippen molar-refractivity contribution in [1.82, 2.24) is 10.3 Å². The van der Waals surface area contributed by atoms with Gasteiger partial charge in [-0.15, -0.1) is 0 Å². The Hall–Kier alpha value is -2.88. The molecule has 0 aliphatic carbocycles. The van der Waals surface area contributed by atoms with Crippen LogP contribution >= 0.6 is 0 Å². The second kappa shape index (κ2) is 6.32. The number of fused-ring (bicyclic) bond motifs is 1. The maximum Gasteiger partial charge on any atom is 0.255 e. The Morgan fingerprint density at radius 1 is 1.46 bits per heavy atom. The number of benzene rings is 1. The summed E-state index contributed by atoms with van der Waals surface area (Å²) in [7, 11) is 1.48. The second-order valence-corrected chi connectivity index (χ2v) is 5.69. The average Bonchev–Trinajstić information content (AvgIpc) is 2.85. The monoisotopic (exact) mass is 329 g/mol. The molecule has 1 amide bonds. The van der Waals surface area contributed by atoms with E-state index in [1.54, 1.807) is 31.3 Å². The zero-order chi connectivity index (χ0) is 17.3. The van der Waals surface area contributed by atoms with Gasteiger partial charge in [0, 0.05) is 17.5 Å². The summed E-state index contributed by atoms with van der Waals surface area (Å²) in [4.78, 5) is 15.6. The van der Waals surface area contributed by atoms with Crippen molar-refractivity contribution in [3.8, 4) is 17.7 Å². The van der Waals surface area contributed by atoms with Crippen LogP contribution in [0.1, 0.15) is 12.5 Å². The summed E-state index contributed by atoms with van der Waals surface area (Å²) in [6.45, 7) is 1.77. The number of rotatable bonds is 4. The van der Waals surface area contributed by atoms with E-state index in [9.17, 15) is 9.18 Å². The fourth-order valence-electron chi connectivity index (χ4n) is 2.74. The lowest BCUT2D eigenvalue weighted by atomic mass is 10.0. The Labute approximate surface area is 138 Å². The van der Waals surface area contributed by atoms with Gasteiger partial charge in [0.25, 0.3) is 5.91 Å². The molecule has 1 aliphatic heterocycles. The number of ether oxygens (including phenoxy) is 2. The quantitative estimate of drug-likeness (QED) is 0.927. The average molecular weight is 329 g/mol. The second-order valence-electron chi connectivity index (χ2n) is 5.69. The highest BCUT2D eigenvalue weighted by atomic mass is 19.1. The number of hydrogen-bond acceptors (Lipinski definition) is 5. The molecule has 1 saturated heterocycles. The molecule has 2 heterocycles. The van der Waals surface area contributed by atoms with Crippen molar-refractivity contribution in [2.45, 2.75) is 19.1 Å². The molecule has 1 N–H and O–H groups in total. The van der Waals surface area contributed by atoms with Gasteiger partial charge in [-0.1, -0.05) is 6.92 Å². The maximum atomic E-state index is 13.6. The molecular formula is C17H16FN3O3. The van der Waals surface area contributed by atoms with Crippen LogP contribution < -0.4 is 14.8 Å². The van der Waals surface area contributed by atoms with Crippen LogP contribution in [-0.4, -0.2) is 36.8 Å². The summed E-state index contributed by atoms with van der Waals surface area (Å²) in [6, 6.07) is 6.81. The number of carbonyl (C=O) groups is 1. The zero-order valence-corrected chi connectivity index (χ0v) is 13.2. The van der Waals surface area contributed by atoms with Crippen LogP contribution in [0.15, 0.2) is 24.4 Å². The van der Waals surface area contributed by atoms with Crippen molar-refractivity contribution < 1.29 is 18.7 Å². The minimum absolute atomic E-state index is 0.113. The molecule has 1 aromatic carbocycles. The van der Waals surface area contributed by atoms with E-state index in [1.165, 1.54) is 7.11 Å². The van der Waals surface area contributed by atoms with E-state index in [1.807, 2.05) is 0 Å². The molecule has 124 valence electrons. The van der Waals surface area contributed by atoms with Crippen molar-refractivity contribution in [2.75, 3.05) is 13.7 Å². The largest absolute Gasteiger partial charge is 0.495 e. The topological polar surface area (TPSA) is 84.2 Å². The summed E-state index contributed by atoms with van der Waals surface area (Å²) >= 11 is 0. The Kier molecular flexibility index (Phi) is 4.21. The molecule has 1 aromatic heterocycles. The van der Waals surface area contributed by atoms with Crippen molar-refractivity contribution >= 4 is 16.7 Å². The minimum Gasteiger partial charge on any atom is -0.495 e. The number of aromatic nitrogens is 1. The number of nitriles is 1. The van der Waals surface area contributed by atoms with Gasteiger partial charge < -0.3 is 14.8 Å². The smallest absolute Gasteiger partial charge is 0.255 e. The van der Waals surface area contributed by atoms with Crippen LogP contribution in [-0.2, 0) is 4.79 Å². The van der Waals surface area contributed by atoms with Gasteiger partial charge in [-0.25, -0.2) is 9.37 Å². The van der Waals surface area contributed by atoms with E-state index >= 15 is 0 Å². The molecular weight excluding hydrogens is 313 g/mol. The van der Waals surface area contributed by atoms with Gasteiger partial charge >= 0.3 is 0 Å². The van der Waals surface area contributed by atoms with E-state index in [2.05, 4.69) is 16.4 Å². The van der Waals surface area contributed by atoms with Gasteiger partial charge in [-0.05, 0) is 23.6 Å². The Bertz CT molecular complexity index is 834. The SMILES string of the molecule is COc1cc2c(OC[C@H]3NC(=O)[C@H](F)[C@H]3C)nccc2cc1C#N. The number of amides is 1. The van der Waals surface area contributed by atoms with Crippen LogP contribution in [0.3, 0.4) is 0 Å². The summed E-state index contributed by atoms with van der Waals surface area (Å²) in [5.41, 5.74) is 0.416. The molecule has 0 bridgehead atoms. The van der Waals surface area contributed by atoms with Crippen molar-refractivity contribution in [3.63, 3.8) is 0 Å². The molecule has 0 radical (unpaired) electrons. The predicted octanol–water partition coefficient (Wildman–Crippen LogP) is 1.97. The fraction of sp³-hybridized carbons (Fsp3) is 0.353. The lowest BCUT2D eigenvalue weighted by molar-refractivity contribution is -0.123. The van der Waals surface area contributed by atoms with Gasteiger partial charge in [0.2, 0.25) is 5.88 Å². The van der Waals surface area contributed by atoms with Gasteiger partial charge in [0.05, 0.1) is 18.7 Å². The summed E-state index contributed by atoms with van der Waals surface area (Å²) in [5, 5.41) is 13.2. The van der Waals surface area contributed by atoms with E-state index < -0.39 is 24.0 Å². The molecule has 0 spiro atoms. The van der Waals surface area contributed by atoms with Crippen molar-refractivity contribution in [1.29, 1.82) is 5.26 Å². The van der Waals surface area contributed by atoms with Crippen LogP contribution in [0.2, 0.25) is 0 Å². The molecule has 1 fully saturated rings. The van der Waals surface area contributed by atoms with E-state index in [4.69, 9.17) is 14.7 Å². The van der Waals surface area contributed by atoms with Gasteiger partial charge in [-0.3, -0.25) is 4.79 Å². The molecule has 7 heteroatoms. The number of hydrogen-bond donors (Lipinski definition) is 1. The number of halogens is 1. The third-order valence-corrected chi connectivity index (χ3v) is 4.24. The molecule has 3 rings (SSSR count). The number of nitrogens with zero attached hydrogens (tertiary/aromatic N) is 2. The fourth-order valence-corrected chi connectivity index (χ4v) is 2.74. The summed E-state index contributed by atoms with van der Waals surface area (Å²) < 4.78 is 24.5. The van der Waals surface area contributed by atoms with Crippen LogP contribution in [0.25, 0.3) is 10.8 Å². The highest BCUT2D eigenvalue weighted by molar-refractivity contribution is 5.89. The van der Waals surface area contributed by atoms with E-state index in [0.29, 0.717) is 22.6 Å². The highest BCUT2D eigenvalue weighted by Gasteiger charge is 2.39. The maximum absolute atomic E-state index is 13.6. The summed E-state index contributed by atoms with van der Waals surface area (Å²) in [6.07, 6.45) is 0.0530. The van der Waals surface area contributed by atoms with Gasteiger partial charge in [-0.2, -0.15) is 5.26 Å². The van der Waals surface area contributed by atoms with E-state index in [-0.39, 0.29) is 6.61 Å². The lowest BCUT2D eigenvalue weighted by Gasteiger charge is -2.17. The third kappa shape index (κ3) is 2.71. The molecule has 3 atom stereocenters. The lowest BCUT2D eigenvalue weighted by Crippen LogP contribution is -2.34. The number of methoxy groups -OCH3 is 1. The molecule has 1 aliphatic rings. The summed E-state index contributed by atoms with van der Waals surface area (Å²) in [5.74, 6) is -0.303. The minimum atomic E-state index is -1.52. The molecule has 0 saturated carbocycles. The number of carbonyl (C=O) groups excluding carboxylic acids is 1. The number of nitrogens with one attached hydrogen (secondary N) is 1. The Morgan fingerprint density at radius 2 is 2.25 bits per heavy atom. The van der Waals surface area contributed by atoms with Crippen LogP contribution in [0, 0.1) is 17.2 Å². The first kappa shape index (κ1) is 16.0. The van der Waals surface area contributed by atoms with Crippen molar-refractivity contribution in [3.05, 3.63) is 30.0 Å². The Balaban J connectivity index is 1.87. The molecule has 0 unspecified atom stereocenters. The van der Waals surface area contributed by atoms with Gasteiger partial charge in [0.1, 0.15) is 18.4 Å². The third-order valence-electron chi connectivity index (χ3n) is 4.24. The van der Waals surface area contributed by atoms with E-state index in [0.717, 1.165) is 5.39 Å². The Morgan fingerprint density at radius 3 is 2.88 bits per heavy atom. The molecule has 24 heavy (non-hydrogen) atoms. The number of alkyl halides is 1. The first-order valence-electron chi connectivity index (χ1n) is 7.49. The normalized spacial score (nSPS) is 22.9. The van der Waals surface area contributed by atoms with Crippen molar-refractivity contribution in [2.24, 2.45) is 5.92 Å². The van der Waals surface area contributed by atoms with Crippen LogP contribution in [0.4, 0.5) is 4.39 Å². The predicted molar refractivity (Wildman–Crippen MR) is 84.5 cm³/mol.